The predicted octanol–water partition coefficient (Wildman–Crippen LogP) is 6.54. The first-order valence-electron chi connectivity index (χ1n) is 13.4. The summed E-state index contributed by atoms with van der Waals surface area (Å²) in [7, 11) is 0. The molecule has 5 rings (SSSR count). The normalized spacial score (nSPS) is 33.1. The fraction of sp³-hybridized carbons (Fsp3) is 0.600. The van der Waals surface area contributed by atoms with E-state index in [1.54, 1.807) is 23.3 Å². The molecule has 0 radical (unpaired) electrons. The lowest BCUT2D eigenvalue weighted by Gasteiger charge is -2.43. The fourth-order valence-electron chi connectivity index (χ4n) is 6.58. The maximum atomic E-state index is 13.3. The predicted molar refractivity (Wildman–Crippen MR) is 137 cm³/mol. The highest BCUT2D eigenvalue weighted by molar-refractivity contribution is 5.51. The first-order valence-corrected chi connectivity index (χ1v) is 13.4. The third-order valence-corrected chi connectivity index (χ3v) is 8.58. The number of hydrogen-bond acceptors (Lipinski definition) is 4. The van der Waals surface area contributed by atoms with Crippen LogP contribution in [0, 0.1) is 23.1 Å². The van der Waals surface area contributed by atoms with Crippen molar-refractivity contribution < 1.29 is 19.0 Å². The molecule has 0 amide bonds. The molecule has 35 heavy (non-hydrogen) atoms. The molecule has 1 aromatic rings. The van der Waals surface area contributed by atoms with E-state index in [1.165, 1.54) is 42.5 Å². The van der Waals surface area contributed by atoms with E-state index in [4.69, 9.17) is 9.47 Å². The van der Waals surface area contributed by atoms with Gasteiger partial charge in [-0.25, -0.2) is 4.39 Å². The van der Waals surface area contributed by atoms with Crippen LogP contribution in [0.3, 0.4) is 0 Å². The topological polar surface area (TPSA) is 50.7 Å². The number of fused-ring (bicyclic) bond motifs is 3. The molecule has 1 saturated heterocycles. The summed E-state index contributed by atoms with van der Waals surface area (Å²) in [6.07, 6.45) is 10.7. The molecule has 1 heterocycles. The first-order chi connectivity index (χ1) is 16.8. The standard InChI is InChI=1S/C30H40FNO3/c1-19(2)24-10-13-30(3)14-11-25-26(29(24)30)9-4-20(18-32-22-7-5-21(31)6-8-22)16-27(25)35-28-17-23(33)12-15-34-28/h4-9,19,23,25,27-28,32-33H,10-18H2,1-3H3. The van der Waals surface area contributed by atoms with Gasteiger partial charge in [0.05, 0.1) is 18.8 Å². The molecule has 1 aromatic carbocycles. The van der Waals surface area contributed by atoms with Gasteiger partial charge in [-0.15, -0.1) is 0 Å². The molecule has 1 saturated carbocycles. The Hall–Kier alpha value is -1.95. The van der Waals surface area contributed by atoms with Gasteiger partial charge in [0, 0.05) is 24.6 Å². The summed E-state index contributed by atoms with van der Waals surface area (Å²) in [6.45, 7) is 8.34. The van der Waals surface area contributed by atoms with Crippen molar-refractivity contribution in [3.05, 3.63) is 64.5 Å². The Morgan fingerprint density at radius 1 is 1.17 bits per heavy atom. The minimum absolute atomic E-state index is 0.00591. The minimum Gasteiger partial charge on any atom is -0.393 e. The summed E-state index contributed by atoms with van der Waals surface area (Å²) in [4.78, 5) is 0. The van der Waals surface area contributed by atoms with Crippen molar-refractivity contribution in [2.24, 2.45) is 17.3 Å². The van der Waals surface area contributed by atoms with Crippen LogP contribution >= 0.6 is 0 Å². The smallest absolute Gasteiger partial charge is 0.160 e. The van der Waals surface area contributed by atoms with Crippen LogP contribution in [0.1, 0.15) is 65.7 Å². The van der Waals surface area contributed by atoms with E-state index >= 15 is 0 Å². The van der Waals surface area contributed by atoms with Gasteiger partial charge in [0.15, 0.2) is 6.29 Å². The molecule has 5 heteroatoms. The van der Waals surface area contributed by atoms with Gasteiger partial charge >= 0.3 is 0 Å². The van der Waals surface area contributed by atoms with Gasteiger partial charge in [0.1, 0.15) is 5.82 Å². The van der Waals surface area contributed by atoms with Crippen molar-refractivity contribution in [3.8, 4) is 0 Å². The third kappa shape index (κ3) is 5.28. The SMILES string of the molecule is CC(C)C1=C2C3=CC=C(CNc4ccc(F)cc4)CC(OC4CC(O)CCO4)C3CCC2(C)CC1. The number of anilines is 1. The molecule has 3 aliphatic carbocycles. The van der Waals surface area contributed by atoms with Gasteiger partial charge in [-0.3, -0.25) is 0 Å². The second kappa shape index (κ2) is 10.2. The molecule has 190 valence electrons. The highest BCUT2D eigenvalue weighted by Gasteiger charge is 2.47. The van der Waals surface area contributed by atoms with E-state index in [1.807, 2.05) is 0 Å². The van der Waals surface area contributed by atoms with E-state index in [-0.39, 0.29) is 29.7 Å². The molecule has 0 spiro atoms. The quantitative estimate of drug-likeness (QED) is 0.484. The Labute approximate surface area is 209 Å². The lowest BCUT2D eigenvalue weighted by Crippen LogP contribution is -2.40. The van der Waals surface area contributed by atoms with Crippen molar-refractivity contribution >= 4 is 5.69 Å². The van der Waals surface area contributed by atoms with Gasteiger partial charge in [0.2, 0.25) is 0 Å². The summed E-state index contributed by atoms with van der Waals surface area (Å²) >= 11 is 0. The third-order valence-electron chi connectivity index (χ3n) is 8.58. The number of allylic oxidation sites excluding steroid dienone is 4. The second-order valence-electron chi connectivity index (χ2n) is 11.4. The van der Waals surface area contributed by atoms with E-state index in [0.29, 0.717) is 37.8 Å². The number of hydrogen-bond donors (Lipinski definition) is 2. The Kier molecular flexibility index (Phi) is 7.20. The van der Waals surface area contributed by atoms with Gasteiger partial charge in [0.25, 0.3) is 0 Å². The zero-order chi connectivity index (χ0) is 24.6. The van der Waals surface area contributed by atoms with Crippen molar-refractivity contribution in [1.29, 1.82) is 0 Å². The number of ether oxygens (including phenoxy) is 2. The molecule has 0 aromatic heterocycles. The number of aliphatic hydroxyl groups excluding tert-OH is 1. The summed E-state index contributed by atoms with van der Waals surface area (Å²) < 4.78 is 25.9. The van der Waals surface area contributed by atoms with E-state index in [9.17, 15) is 9.50 Å². The van der Waals surface area contributed by atoms with Crippen molar-refractivity contribution in [3.63, 3.8) is 0 Å². The Morgan fingerprint density at radius 2 is 1.97 bits per heavy atom. The van der Waals surface area contributed by atoms with E-state index < -0.39 is 0 Å². The largest absolute Gasteiger partial charge is 0.393 e. The molecule has 0 bridgehead atoms. The maximum absolute atomic E-state index is 13.3. The molecular formula is C30H40FNO3. The highest BCUT2D eigenvalue weighted by Crippen LogP contribution is 2.58. The molecular weight excluding hydrogens is 441 g/mol. The average molecular weight is 482 g/mol. The molecule has 5 atom stereocenters. The molecule has 5 unspecified atom stereocenters. The first kappa shape index (κ1) is 24.7. The van der Waals surface area contributed by atoms with Crippen LogP contribution in [0.25, 0.3) is 0 Å². The molecule has 4 nitrogen and oxygen atoms in total. The number of benzene rings is 1. The lowest BCUT2D eigenvalue weighted by molar-refractivity contribution is -0.213. The Bertz CT molecular complexity index is 1010. The van der Waals surface area contributed by atoms with Crippen LogP contribution in [0.5, 0.6) is 0 Å². The fourth-order valence-corrected chi connectivity index (χ4v) is 6.58. The van der Waals surface area contributed by atoms with Gasteiger partial charge in [-0.2, -0.15) is 0 Å². The van der Waals surface area contributed by atoms with Crippen LogP contribution in [0.4, 0.5) is 10.1 Å². The minimum atomic E-state index is -0.357. The van der Waals surface area contributed by atoms with Crippen LogP contribution < -0.4 is 5.32 Å². The summed E-state index contributed by atoms with van der Waals surface area (Å²) in [5.41, 5.74) is 7.10. The zero-order valence-corrected chi connectivity index (χ0v) is 21.4. The summed E-state index contributed by atoms with van der Waals surface area (Å²) in [5, 5.41) is 13.7. The number of nitrogens with one attached hydrogen (secondary N) is 1. The van der Waals surface area contributed by atoms with Gasteiger partial charge in [-0.05, 0) is 90.8 Å². The molecule has 2 fully saturated rings. The van der Waals surface area contributed by atoms with Crippen molar-refractivity contribution in [2.45, 2.75) is 84.2 Å². The van der Waals surface area contributed by atoms with Crippen molar-refractivity contribution in [2.75, 3.05) is 18.5 Å². The monoisotopic (exact) mass is 481 g/mol. The molecule has 1 aliphatic heterocycles. The zero-order valence-electron chi connectivity index (χ0n) is 21.4. The number of rotatable bonds is 6. The van der Waals surface area contributed by atoms with Crippen molar-refractivity contribution in [1.82, 2.24) is 0 Å². The summed E-state index contributed by atoms with van der Waals surface area (Å²) in [5.74, 6) is 0.650. The number of aliphatic hydroxyl groups is 1. The van der Waals surface area contributed by atoms with Crippen LogP contribution in [-0.2, 0) is 9.47 Å². The second-order valence-corrected chi connectivity index (χ2v) is 11.4. The van der Waals surface area contributed by atoms with E-state index in [0.717, 1.165) is 18.5 Å². The van der Waals surface area contributed by atoms with Gasteiger partial charge in [-0.1, -0.05) is 38.5 Å². The molecule has 4 aliphatic rings. The number of halogens is 1. The van der Waals surface area contributed by atoms with Crippen LogP contribution in [-0.4, -0.2) is 36.8 Å². The maximum Gasteiger partial charge on any atom is 0.160 e. The molecule has 2 N–H and O–H groups in total. The highest BCUT2D eigenvalue weighted by atomic mass is 19.1. The Balaban J connectivity index is 1.44. The van der Waals surface area contributed by atoms with E-state index in [2.05, 4.69) is 38.2 Å². The van der Waals surface area contributed by atoms with Gasteiger partial charge < -0.3 is 19.9 Å². The lowest BCUT2D eigenvalue weighted by atomic mass is 9.64. The average Bonchev–Trinajstić information content (AvgIpc) is 3.09. The Morgan fingerprint density at radius 3 is 2.71 bits per heavy atom. The van der Waals surface area contributed by atoms with Crippen LogP contribution in [0.2, 0.25) is 0 Å². The van der Waals surface area contributed by atoms with Crippen LogP contribution in [0.15, 0.2) is 58.7 Å². The summed E-state index contributed by atoms with van der Waals surface area (Å²) in [6, 6.07) is 6.52.